The number of carboxylic acids is 1. The predicted octanol–water partition coefficient (Wildman–Crippen LogP) is 4.99. The lowest BCUT2D eigenvalue weighted by atomic mass is 9.69. The molecule has 218 valence electrons. The van der Waals surface area contributed by atoms with E-state index < -0.39 is 53.6 Å². The molecule has 0 radical (unpaired) electrons. The first-order valence-electron chi connectivity index (χ1n) is 14.0. The fraction of sp³-hybridized carbons (Fsp3) is 0.303. The summed E-state index contributed by atoms with van der Waals surface area (Å²) in [5, 5.41) is 35.1. The summed E-state index contributed by atoms with van der Waals surface area (Å²) in [5.41, 5.74) is -0.124. The minimum Gasteiger partial charge on any atom is -0.481 e. The van der Waals surface area contributed by atoms with Crippen molar-refractivity contribution in [2.75, 3.05) is 16.8 Å². The first kappa shape index (κ1) is 29.2. The molecule has 42 heavy (non-hydrogen) atoms. The number of benzene rings is 4. The molecule has 4 aromatic carbocycles. The molecule has 8 nitrogen and oxygen atoms in total. The number of hydrogen-bond acceptors (Lipinski definition) is 5. The number of rotatable bonds is 10. The predicted molar refractivity (Wildman–Crippen MR) is 159 cm³/mol. The van der Waals surface area contributed by atoms with Crippen LogP contribution in [0.15, 0.2) is 72.8 Å². The third-order valence-electron chi connectivity index (χ3n) is 8.10. The van der Waals surface area contributed by atoms with Gasteiger partial charge in [0.15, 0.2) is 5.41 Å². The van der Waals surface area contributed by atoms with Crippen LogP contribution in [0.5, 0.6) is 0 Å². The van der Waals surface area contributed by atoms with Gasteiger partial charge in [0.1, 0.15) is 5.82 Å². The summed E-state index contributed by atoms with van der Waals surface area (Å²) in [6, 6.07) is 20.5. The number of fused-ring (bicyclic) bond motifs is 6. The highest BCUT2D eigenvalue weighted by Crippen LogP contribution is 2.54. The van der Waals surface area contributed by atoms with Crippen molar-refractivity contribution in [3.63, 3.8) is 0 Å². The van der Waals surface area contributed by atoms with Gasteiger partial charge in [-0.15, -0.1) is 0 Å². The topological polar surface area (TPSA) is 127 Å². The zero-order chi connectivity index (χ0) is 30.2. The average Bonchev–Trinajstić information content (AvgIpc) is 3.21. The molecule has 9 heteroatoms. The summed E-state index contributed by atoms with van der Waals surface area (Å²) in [6.45, 7) is 3.62. The molecule has 0 aliphatic carbocycles. The fourth-order valence-corrected chi connectivity index (χ4v) is 6.21. The Morgan fingerprint density at radius 1 is 0.905 bits per heavy atom. The van der Waals surface area contributed by atoms with E-state index in [1.165, 1.54) is 17.0 Å². The Morgan fingerprint density at radius 2 is 1.57 bits per heavy atom. The zero-order valence-corrected chi connectivity index (χ0v) is 23.4. The number of hydrogen-bond donors (Lipinski definition) is 4. The molecule has 4 N–H and O–H groups in total. The summed E-state index contributed by atoms with van der Waals surface area (Å²) in [5.74, 6) is -3.10. The van der Waals surface area contributed by atoms with Crippen LogP contribution in [0.25, 0.3) is 21.5 Å². The van der Waals surface area contributed by atoms with Gasteiger partial charge in [0.2, 0.25) is 11.8 Å². The number of aliphatic hydroxyl groups excluding tert-OH is 2. The average molecular weight is 573 g/mol. The maximum Gasteiger partial charge on any atom is 0.305 e. The van der Waals surface area contributed by atoms with Crippen molar-refractivity contribution in [2.24, 2.45) is 5.92 Å². The monoisotopic (exact) mass is 572 g/mol. The minimum absolute atomic E-state index is 0.00923. The van der Waals surface area contributed by atoms with E-state index >= 15 is 0 Å². The number of carbonyl (C=O) groups excluding carboxylic acids is 2. The highest BCUT2D eigenvalue weighted by atomic mass is 19.1. The Morgan fingerprint density at radius 3 is 2.24 bits per heavy atom. The second kappa shape index (κ2) is 11.5. The Kier molecular flexibility index (Phi) is 7.99. The lowest BCUT2D eigenvalue weighted by Crippen LogP contribution is -2.52. The van der Waals surface area contributed by atoms with Gasteiger partial charge in [0.25, 0.3) is 0 Å². The van der Waals surface area contributed by atoms with Crippen LogP contribution >= 0.6 is 0 Å². The van der Waals surface area contributed by atoms with Crippen molar-refractivity contribution in [1.82, 2.24) is 0 Å². The van der Waals surface area contributed by atoms with Gasteiger partial charge in [-0.05, 0) is 65.3 Å². The van der Waals surface area contributed by atoms with Gasteiger partial charge < -0.3 is 25.5 Å². The van der Waals surface area contributed by atoms with E-state index in [2.05, 4.69) is 5.32 Å². The summed E-state index contributed by atoms with van der Waals surface area (Å²) in [4.78, 5) is 41.5. The van der Waals surface area contributed by atoms with E-state index in [-0.39, 0.29) is 19.4 Å². The number of aliphatic carboxylic acids is 1. The number of nitrogens with one attached hydrogen (secondary N) is 1. The third-order valence-corrected chi connectivity index (χ3v) is 8.10. The molecule has 0 fully saturated rings. The van der Waals surface area contributed by atoms with Crippen molar-refractivity contribution in [3.8, 4) is 0 Å². The van der Waals surface area contributed by atoms with E-state index in [1.807, 2.05) is 44.2 Å². The number of amides is 2. The third kappa shape index (κ3) is 4.99. The molecule has 1 aliphatic rings. The van der Waals surface area contributed by atoms with E-state index in [1.54, 1.807) is 30.3 Å². The summed E-state index contributed by atoms with van der Waals surface area (Å²) >= 11 is 0. The molecule has 0 unspecified atom stereocenters. The Balaban J connectivity index is 1.69. The van der Waals surface area contributed by atoms with Crippen LogP contribution in [-0.4, -0.2) is 51.9 Å². The van der Waals surface area contributed by atoms with Crippen LogP contribution < -0.4 is 10.2 Å². The van der Waals surface area contributed by atoms with E-state index in [0.717, 1.165) is 0 Å². The van der Waals surface area contributed by atoms with Crippen LogP contribution in [0.4, 0.5) is 15.8 Å². The van der Waals surface area contributed by atoms with E-state index in [9.17, 15) is 29.0 Å². The van der Waals surface area contributed by atoms with Crippen molar-refractivity contribution >= 4 is 50.7 Å². The highest BCUT2D eigenvalue weighted by molar-refractivity contribution is 6.32. The quantitative estimate of drug-likeness (QED) is 0.157. The molecule has 0 bridgehead atoms. The van der Waals surface area contributed by atoms with Crippen molar-refractivity contribution in [2.45, 2.75) is 50.7 Å². The van der Waals surface area contributed by atoms with Crippen molar-refractivity contribution < 1.29 is 34.1 Å². The molecule has 2 amide bonds. The Hall–Kier alpha value is -4.34. The lowest BCUT2D eigenvalue weighted by Gasteiger charge is -2.32. The minimum atomic E-state index is -1.65. The van der Waals surface area contributed by atoms with Gasteiger partial charge in [-0.25, -0.2) is 4.39 Å². The van der Waals surface area contributed by atoms with Crippen LogP contribution in [0, 0.1) is 11.7 Å². The van der Waals surface area contributed by atoms with Crippen molar-refractivity contribution in [1.29, 1.82) is 0 Å². The van der Waals surface area contributed by atoms with Crippen molar-refractivity contribution in [3.05, 3.63) is 84.2 Å². The Bertz CT molecular complexity index is 1670. The Labute approximate surface area is 242 Å². The molecule has 0 saturated carbocycles. The molecule has 4 aromatic rings. The number of aliphatic hydroxyl groups is 2. The number of anilines is 2. The van der Waals surface area contributed by atoms with E-state index in [4.69, 9.17) is 5.11 Å². The first-order chi connectivity index (χ1) is 20.0. The second-order valence-electron chi connectivity index (χ2n) is 11.1. The number of para-hydroxylation sites is 1. The standard InChI is InChI=1S/C33H33FN2O6/c1-19(2)33(31(41)35-21-8-4-3-5-9-21)29-25-11-7-6-10-24(25)27-16-20(34)12-13-26(27)30(29)36(32(33)42)15-14-22(37)17-23(38)18-28(39)40/h3-13,16,19,22-23,37-38H,14-15,17-18H2,1-2H3,(H,35,41)(H,39,40)/t22-,23-,33-/m1/s1. The number of nitrogens with zero attached hydrogens (tertiary/aromatic N) is 1. The maximum atomic E-state index is 14.7. The summed E-state index contributed by atoms with van der Waals surface area (Å²) in [7, 11) is 0. The molecule has 1 aliphatic heterocycles. The second-order valence-corrected chi connectivity index (χ2v) is 11.1. The smallest absolute Gasteiger partial charge is 0.305 e. The zero-order valence-electron chi connectivity index (χ0n) is 23.4. The van der Waals surface area contributed by atoms with Crippen LogP contribution in [0.3, 0.4) is 0 Å². The van der Waals surface area contributed by atoms with E-state index in [0.29, 0.717) is 38.5 Å². The molecular formula is C33H33FN2O6. The highest BCUT2D eigenvalue weighted by Gasteiger charge is 2.59. The van der Waals surface area contributed by atoms with Crippen LogP contribution in [-0.2, 0) is 19.8 Å². The summed E-state index contributed by atoms with van der Waals surface area (Å²) < 4.78 is 14.6. The molecule has 0 saturated heterocycles. The first-order valence-corrected chi connectivity index (χ1v) is 14.0. The molecule has 0 aromatic heterocycles. The van der Waals surface area contributed by atoms with Gasteiger partial charge in [0, 0.05) is 23.2 Å². The molecule has 0 spiro atoms. The number of carboxylic acid groups (broad SMARTS) is 1. The van der Waals surface area contributed by atoms with Gasteiger partial charge in [0.05, 0.1) is 24.3 Å². The molecule has 5 rings (SSSR count). The lowest BCUT2D eigenvalue weighted by molar-refractivity contribution is -0.139. The normalized spacial score (nSPS) is 18.0. The fourth-order valence-electron chi connectivity index (χ4n) is 6.21. The number of halogens is 1. The largest absolute Gasteiger partial charge is 0.481 e. The maximum absolute atomic E-state index is 14.7. The van der Waals surface area contributed by atoms with Gasteiger partial charge in [-0.2, -0.15) is 0 Å². The van der Waals surface area contributed by atoms with Gasteiger partial charge in [-0.3, -0.25) is 14.4 Å². The summed E-state index contributed by atoms with van der Waals surface area (Å²) in [6.07, 6.45) is -3.04. The van der Waals surface area contributed by atoms with Gasteiger partial charge in [-0.1, -0.05) is 56.3 Å². The SMILES string of the molecule is CC(C)[C@@]1(C(=O)Nc2ccccc2)C(=O)N(CC[C@@H](O)C[C@@H](O)CC(=O)O)c2c1c1ccccc1c1cc(F)ccc21. The van der Waals surface area contributed by atoms with Crippen LogP contribution in [0.2, 0.25) is 0 Å². The molecule has 1 heterocycles. The molecule has 3 atom stereocenters. The molecular weight excluding hydrogens is 539 g/mol. The number of carbonyl (C=O) groups is 3. The van der Waals surface area contributed by atoms with Crippen LogP contribution in [0.1, 0.15) is 38.7 Å². The van der Waals surface area contributed by atoms with Gasteiger partial charge >= 0.3 is 5.97 Å².